The molecule has 1 aromatic rings. The quantitative estimate of drug-likeness (QED) is 0.758. The van der Waals surface area contributed by atoms with Crippen LogP contribution in [0.5, 0.6) is 0 Å². The molecule has 1 aliphatic rings. The van der Waals surface area contributed by atoms with Crippen molar-refractivity contribution in [3.8, 4) is 0 Å². The van der Waals surface area contributed by atoms with Crippen molar-refractivity contribution in [2.24, 2.45) is 0 Å². The van der Waals surface area contributed by atoms with E-state index in [9.17, 15) is 18.0 Å². The van der Waals surface area contributed by atoms with Gasteiger partial charge in [0.2, 0.25) is 0 Å². The second-order valence-electron chi connectivity index (χ2n) is 4.81. The molecule has 0 saturated carbocycles. The van der Waals surface area contributed by atoms with E-state index in [4.69, 9.17) is 0 Å². The van der Waals surface area contributed by atoms with E-state index in [0.717, 1.165) is 22.4 Å². The highest BCUT2D eigenvalue weighted by Crippen LogP contribution is 2.33. The van der Waals surface area contributed by atoms with Crippen molar-refractivity contribution in [1.82, 2.24) is 4.90 Å². The van der Waals surface area contributed by atoms with E-state index < -0.39 is 18.1 Å². The minimum absolute atomic E-state index is 0.125. The van der Waals surface area contributed by atoms with E-state index in [1.165, 1.54) is 5.56 Å². The van der Waals surface area contributed by atoms with Crippen LogP contribution in [0.3, 0.4) is 0 Å². The van der Waals surface area contributed by atoms with Crippen LogP contribution in [0.1, 0.15) is 50.4 Å². The molecular formula is C16H22F3NO. The molecular weight excluding hydrogens is 279 g/mol. The second kappa shape index (κ2) is 6.96. The number of hydrogen-bond donors (Lipinski definition) is 0. The van der Waals surface area contributed by atoms with Crippen LogP contribution in [-0.4, -0.2) is 23.5 Å². The first-order chi connectivity index (χ1) is 9.84. The van der Waals surface area contributed by atoms with E-state index >= 15 is 0 Å². The van der Waals surface area contributed by atoms with Crippen molar-refractivity contribution in [3.63, 3.8) is 0 Å². The highest BCUT2D eigenvalue weighted by atomic mass is 19.4. The topological polar surface area (TPSA) is 20.3 Å². The minimum atomic E-state index is -4.80. The Morgan fingerprint density at radius 3 is 2.48 bits per heavy atom. The van der Waals surface area contributed by atoms with Crippen molar-refractivity contribution in [2.75, 3.05) is 6.54 Å². The fourth-order valence-corrected chi connectivity index (χ4v) is 2.55. The minimum Gasteiger partial charge on any atom is -0.328 e. The number of rotatable bonds is 1. The molecule has 1 aliphatic heterocycles. The van der Waals surface area contributed by atoms with Gasteiger partial charge in [0.1, 0.15) is 0 Å². The Labute approximate surface area is 123 Å². The van der Waals surface area contributed by atoms with Crippen molar-refractivity contribution in [1.29, 1.82) is 0 Å². The number of carbonyl (C=O) groups is 1. The first-order valence-electron chi connectivity index (χ1n) is 7.34. The van der Waals surface area contributed by atoms with Gasteiger partial charge in [-0.25, -0.2) is 0 Å². The Balaban J connectivity index is 0.00000106. The number of halogens is 3. The number of hydrogen-bond acceptors (Lipinski definition) is 1. The molecule has 118 valence electrons. The summed E-state index contributed by atoms with van der Waals surface area (Å²) in [6.07, 6.45) is -3.42. The molecule has 0 radical (unpaired) electrons. The van der Waals surface area contributed by atoms with E-state index in [1.807, 2.05) is 39.0 Å². The maximum absolute atomic E-state index is 12.5. The fourth-order valence-electron chi connectivity index (χ4n) is 2.55. The summed E-state index contributed by atoms with van der Waals surface area (Å²) in [6, 6.07) is 5.26. The molecule has 1 aromatic carbocycles. The maximum Gasteiger partial charge on any atom is 0.471 e. The van der Waals surface area contributed by atoms with E-state index in [2.05, 4.69) is 0 Å². The van der Waals surface area contributed by atoms with Gasteiger partial charge in [-0.3, -0.25) is 4.79 Å². The SMILES string of the molecule is CC.CCc1ccc2c(c1)CCN(C(=O)C(F)(F)F)C2C. The number of amides is 1. The lowest BCUT2D eigenvalue weighted by Crippen LogP contribution is -2.45. The Bertz CT molecular complexity index is 497. The number of nitrogens with zero attached hydrogens (tertiary/aromatic N) is 1. The number of benzene rings is 1. The molecule has 1 atom stereocenters. The fraction of sp³-hybridized carbons (Fsp3) is 0.562. The zero-order valence-electron chi connectivity index (χ0n) is 12.9. The van der Waals surface area contributed by atoms with Gasteiger partial charge in [-0.1, -0.05) is 39.0 Å². The molecule has 0 aliphatic carbocycles. The summed E-state index contributed by atoms with van der Waals surface area (Å²) >= 11 is 0. The van der Waals surface area contributed by atoms with Crippen molar-refractivity contribution in [3.05, 3.63) is 34.9 Å². The first kappa shape index (κ1) is 17.5. The van der Waals surface area contributed by atoms with Crippen molar-refractivity contribution in [2.45, 2.75) is 52.8 Å². The van der Waals surface area contributed by atoms with Crippen LogP contribution in [0.25, 0.3) is 0 Å². The Morgan fingerprint density at radius 2 is 1.95 bits per heavy atom. The molecule has 5 heteroatoms. The predicted octanol–water partition coefficient (Wildman–Crippen LogP) is 4.28. The summed E-state index contributed by atoms with van der Waals surface area (Å²) in [6.45, 7) is 7.81. The summed E-state index contributed by atoms with van der Waals surface area (Å²) < 4.78 is 37.5. The largest absolute Gasteiger partial charge is 0.471 e. The summed E-state index contributed by atoms with van der Waals surface area (Å²) in [4.78, 5) is 12.3. The summed E-state index contributed by atoms with van der Waals surface area (Å²) in [5, 5.41) is 0. The Morgan fingerprint density at radius 1 is 1.33 bits per heavy atom. The lowest BCUT2D eigenvalue weighted by molar-refractivity contribution is -0.188. The van der Waals surface area contributed by atoms with Gasteiger partial charge in [-0.05, 0) is 36.5 Å². The standard InChI is InChI=1S/C14H16F3NO.C2H6/c1-3-10-4-5-12-9(2)18(7-6-11(12)8-10)13(19)14(15,16)17;1-2/h4-5,8-9H,3,6-7H2,1-2H3;1-2H3. The molecule has 21 heavy (non-hydrogen) atoms. The first-order valence-corrected chi connectivity index (χ1v) is 7.34. The average molecular weight is 301 g/mol. The maximum atomic E-state index is 12.5. The van der Waals surface area contributed by atoms with Crippen LogP contribution < -0.4 is 0 Å². The smallest absolute Gasteiger partial charge is 0.328 e. The third-order valence-electron chi connectivity index (χ3n) is 3.66. The third-order valence-corrected chi connectivity index (χ3v) is 3.66. The van der Waals surface area contributed by atoms with Crippen LogP contribution in [0.2, 0.25) is 0 Å². The number of aryl methyl sites for hydroxylation is 1. The van der Waals surface area contributed by atoms with Crippen LogP contribution in [-0.2, 0) is 17.6 Å². The highest BCUT2D eigenvalue weighted by Gasteiger charge is 2.45. The van der Waals surface area contributed by atoms with Gasteiger partial charge in [-0.2, -0.15) is 13.2 Å². The van der Waals surface area contributed by atoms with Crippen LogP contribution in [0, 0.1) is 0 Å². The van der Waals surface area contributed by atoms with Crippen LogP contribution in [0.15, 0.2) is 18.2 Å². The molecule has 0 aromatic heterocycles. The molecule has 1 heterocycles. The molecule has 0 fully saturated rings. The van der Waals surface area contributed by atoms with Gasteiger partial charge >= 0.3 is 12.1 Å². The number of alkyl halides is 3. The van der Waals surface area contributed by atoms with E-state index in [0.29, 0.717) is 6.42 Å². The van der Waals surface area contributed by atoms with Crippen LogP contribution in [0.4, 0.5) is 13.2 Å². The van der Waals surface area contributed by atoms with Gasteiger partial charge in [0.15, 0.2) is 0 Å². The van der Waals surface area contributed by atoms with Gasteiger partial charge in [0, 0.05) is 6.54 Å². The lowest BCUT2D eigenvalue weighted by atomic mass is 9.91. The second-order valence-corrected chi connectivity index (χ2v) is 4.81. The Hall–Kier alpha value is -1.52. The average Bonchev–Trinajstić information content (AvgIpc) is 2.47. The van der Waals surface area contributed by atoms with Crippen molar-refractivity contribution >= 4 is 5.91 Å². The molecule has 1 amide bonds. The zero-order chi connectivity index (χ0) is 16.2. The molecule has 0 bridgehead atoms. The molecule has 1 unspecified atom stereocenters. The van der Waals surface area contributed by atoms with Crippen LogP contribution >= 0.6 is 0 Å². The van der Waals surface area contributed by atoms with Gasteiger partial charge in [0.25, 0.3) is 0 Å². The highest BCUT2D eigenvalue weighted by molar-refractivity contribution is 5.82. The monoisotopic (exact) mass is 301 g/mol. The van der Waals surface area contributed by atoms with E-state index in [1.54, 1.807) is 6.92 Å². The summed E-state index contributed by atoms with van der Waals surface area (Å²) in [5.41, 5.74) is 3.04. The van der Waals surface area contributed by atoms with Gasteiger partial charge in [0.05, 0.1) is 6.04 Å². The van der Waals surface area contributed by atoms with Crippen molar-refractivity contribution < 1.29 is 18.0 Å². The summed E-state index contributed by atoms with van der Waals surface area (Å²) in [5.74, 6) is -1.75. The van der Waals surface area contributed by atoms with Gasteiger partial charge in [-0.15, -0.1) is 0 Å². The zero-order valence-corrected chi connectivity index (χ0v) is 12.9. The molecule has 0 N–H and O–H groups in total. The normalized spacial score (nSPS) is 17.7. The molecule has 0 spiro atoms. The predicted molar refractivity (Wildman–Crippen MR) is 77.1 cm³/mol. The molecule has 0 saturated heterocycles. The molecule has 2 nitrogen and oxygen atoms in total. The summed E-state index contributed by atoms with van der Waals surface area (Å²) in [7, 11) is 0. The number of carbonyl (C=O) groups excluding carboxylic acids is 1. The number of fused-ring (bicyclic) bond motifs is 1. The lowest BCUT2D eigenvalue weighted by Gasteiger charge is -2.35. The van der Waals surface area contributed by atoms with Gasteiger partial charge < -0.3 is 4.90 Å². The third kappa shape index (κ3) is 3.77. The van der Waals surface area contributed by atoms with E-state index in [-0.39, 0.29) is 6.54 Å². The Kier molecular flexibility index (Phi) is 5.81. The molecule has 2 rings (SSSR count).